The van der Waals surface area contributed by atoms with Gasteiger partial charge in [-0.05, 0) is 51.8 Å². The first kappa shape index (κ1) is 18.1. The summed E-state index contributed by atoms with van der Waals surface area (Å²) in [7, 11) is 0. The van der Waals surface area contributed by atoms with Crippen molar-refractivity contribution in [1.29, 1.82) is 0 Å². The Morgan fingerprint density at radius 3 is 2.74 bits per heavy atom. The summed E-state index contributed by atoms with van der Waals surface area (Å²) in [6.07, 6.45) is 4.90. The maximum Gasteiger partial charge on any atom is 0.136 e. The lowest BCUT2D eigenvalue weighted by molar-refractivity contribution is 0.232. The Balaban J connectivity index is 2.11. The van der Waals surface area contributed by atoms with E-state index in [2.05, 4.69) is 41.6 Å². The first-order chi connectivity index (χ1) is 11.2. The highest BCUT2D eigenvalue weighted by molar-refractivity contribution is 9.10. The molecule has 0 aliphatic rings. The molecule has 122 valence electrons. The van der Waals surface area contributed by atoms with Crippen LogP contribution in [0.3, 0.4) is 0 Å². The highest BCUT2D eigenvalue weighted by atomic mass is 79.9. The number of ether oxygens (including phenoxy) is 1. The fraction of sp³-hybridized carbons (Fsp3) is 0.400. The highest BCUT2D eigenvalue weighted by Gasteiger charge is 2.10. The van der Waals surface area contributed by atoms with Gasteiger partial charge in [-0.2, -0.15) is 0 Å². The number of unbranched alkanes of at least 4 members (excludes halogenated alkanes) is 1. The molecule has 0 radical (unpaired) electrons. The average Bonchev–Trinajstić information content (AvgIpc) is 3.07. The van der Waals surface area contributed by atoms with Crippen LogP contribution in [0.1, 0.15) is 50.0 Å². The molecule has 1 heterocycles. The molecule has 1 aromatic heterocycles. The highest BCUT2D eigenvalue weighted by Crippen LogP contribution is 2.27. The molecular weight excluding hydrogens is 368 g/mol. The zero-order valence-electron chi connectivity index (χ0n) is 13.8. The molecule has 0 aliphatic heterocycles. The minimum atomic E-state index is 0.618. The van der Waals surface area contributed by atoms with Crippen LogP contribution in [-0.4, -0.2) is 6.61 Å². The van der Waals surface area contributed by atoms with E-state index in [9.17, 15) is 0 Å². The van der Waals surface area contributed by atoms with Gasteiger partial charge < -0.3 is 4.74 Å². The Hall–Kier alpha value is -1.24. The SMILES string of the molecule is CCCCC(CC)COc1cccc(Br)c1C#Cc1cccs1. The Bertz CT molecular complexity index is 652. The number of rotatable bonds is 7. The summed E-state index contributed by atoms with van der Waals surface area (Å²) in [5, 5.41) is 2.04. The van der Waals surface area contributed by atoms with E-state index in [4.69, 9.17) is 4.74 Å². The lowest BCUT2D eigenvalue weighted by Crippen LogP contribution is -2.12. The topological polar surface area (TPSA) is 9.23 Å². The average molecular weight is 391 g/mol. The third-order valence-corrected chi connectivity index (χ3v) is 5.27. The molecule has 0 saturated heterocycles. The molecule has 1 unspecified atom stereocenters. The molecule has 1 atom stereocenters. The first-order valence-electron chi connectivity index (χ1n) is 8.21. The molecule has 1 aromatic carbocycles. The van der Waals surface area contributed by atoms with E-state index in [-0.39, 0.29) is 0 Å². The molecule has 0 saturated carbocycles. The predicted molar refractivity (Wildman–Crippen MR) is 103 cm³/mol. The standard InChI is InChI=1S/C20H23BrOS/c1-3-5-8-16(4-2)15-22-20-11-6-10-19(21)18(20)13-12-17-9-7-14-23-17/h6-7,9-11,14,16H,3-5,8,15H2,1-2H3. The van der Waals surface area contributed by atoms with Crippen LogP contribution in [0.5, 0.6) is 5.75 Å². The van der Waals surface area contributed by atoms with Crippen LogP contribution in [0.4, 0.5) is 0 Å². The molecular formula is C20H23BrOS. The van der Waals surface area contributed by atoms with Crippen LogP contribution in [-0.2, 0) is 0 Å². The summed E-state index contributed by atoms with van der Waals surface area (Å²) < 4.78 is 7.10. The van der Waals surface area contributed by atoms with Gasteiger partial charge in [-0.15, -0.1) is 11.3 Å². The Morgan fingerprint density at radius 2 is 2.04 bits per heavy atom. The van der Waals surface area contributed by atoms with Crippen LogP contribution in [0.2, 0.25) is 0 Å². The molecule has 0 amide bonds. The Kier molecular flexibility index (Phi) is 7.71. The third-order valence-electron chi connectivity index (χ3n) is 3.83. The van der Waals surface area contributed by atoms with E-state index in [0.29, 0.717) is 5.92 Å². The lowest BCUT2D eigenvalue weighted by atomic mass is 10.0. The van der Waals surface area contributed by atoms with E-state index >= 15 is 0 Å². The van der Waals surface area contributed by atoms with Crippen LogP contribution in [0.25, 0.3) is 0 Å². The normalized spacial score (nSPS) is 11.6. The largest absolute Gasteiger partial charge is 0.492 e. The summed E-state index contributed by atoms with van der Waals surface area (Å²) in [5.74, 6) is 7.97. The summed E-state index contributed by atoms with van der Waals surface area (Å²) in [6, 6.07) is 10.1. The Labute approximate surface area is 152 Å². The summed E-state index contributed by atoms with van der Waals surface area (Å²) >= 11 is 5.25. The second-order valence-corrected chi connectivity index (χ2v) is 7.37. The maximum atomic E-state index is 6.11. The Morgan fingerprint density at radius 1 is 1.17 bits per heavy atom. The smallest absolute Gasteiger partial charge is 0.136 e. The van der Waals surface area contributed by atoms with Crippen molar-refractivity contribution >= 4 is 27.3 Å². The van der Waals surface area contributed by atoms with Gasteiger partial charge in [0.05, 0.1) is 17.0 Å². The first-order valence-corrected chi connectivity index (χ1v) is 9.88. The fourth-order valence-electron chi connectivity index (χ4n) is 2.33. The van der Waals surface area contributed by atoms with Gasteiger partial charge in [0.1, 0.15) is 5.75 Å². The second kappa shape index (κ2) is 9.80. The van der Waals surface area contributed by atoms with Crippen LogP contribution >= 0.6 is 27.3 Å². The summed E-state index contributed by atoms with van der Waals surface area (Å²) in [4.78, 5) is 1.07. The van der Waals surface area contributed by atoms with Gasteiger partial charge in [-0.1, -0.05) is 57.1 Å². The molecule has 0 N–H and O–H groups in total. The van der Waals surface area contributed by atoms with E-state index in [1.807, 2.05) is 35.7 Å². The van der Waals surface area contributed by atoms with E-state index in [1.54, 1.807) is 11.3 Å². The minimum absolute atomic E-state index is 0.618. The predicted octanol–water partition coefficient (Wildman–Crippen LogP) is 6.51. The van der Waals surface area contributed by atoms with Gasteiger partial charge in [-0.3, -0.25) is 0 Å². The van der Waals surface area contributed by atoms with Crippen molar-refractivity contribution < 1.29 is 4.74 Å². The van der Waals surface area contributed by atoms with Crippen LogP contribution in [0, 0.1) is 17.8 Å². The van der Waals surface area contributed by atoms with E-state index in [0.717, 1.165) is 33.7 Å². The lowest BCUT2D eigenvalue weighted by Gasteiger charge is -2.16. The van der Waals surface area contributed by atoms with Gasteiger partial charge in [0.25, 0.3) is 0 Å². The van der Waals surface area contributed by atoms with E-state index in [1.165, 1.54) is 19.3 Å². The van der Waals surface area contributed by atoms with Gasteiger partial charge in [0, 0.05) is 4.47 Å². The number of thiophene rings is 1. The molecule has 2 aromatic rings. The number of hydrogen-bond donors (Lipinski definition) is 0. The van der Waals surface area contributed by atoms with Crippen molar-refractivity contribution in [2.75, 3.05) is 6.61 Å². The minimum Gasteiger partial charge on any atom is -0.492 e. The molecule has 0 fully saturated rings. The van der Waals surface area contributed by atoms with Gasteiger partial charge in [0.2, 0.25) is 0 Å². The number of hydrogen-bond acceptors (Lipinski definition) is 2. The van der Waals surface area contributed by atoms with Crippen LogP contribution < -0.4 is 4.74 Å². The van der Waals surface area contributed by atoms with Crippen molar-refractivity contribution in [3.05, 3.63) is 50.6 Å². The zero-order valence-corrected chi connectivity index (χ0v) is 16.2. The molecule has 0 aliphatic carbocycles. The van der Waals surface area contributed by atoms with Crippen molar-refractivity contribution in [2.45, 2.75) is 39.5 Å². The second-order valence-electron chi connectivity index (χ2n) is 5.57. The van der Waals surface area contributed by atoms with Crippen LogP contribution in [0.15, 0.2) is 40.2 Å². The zero-order chi connectivity index (χ0) is 16.5. The van der Waals surface area contributed by atoms with Crippen molar-refractivity contribution in [1.82, 2.24) is 0 Å². The molecule has 0 spiro atoms. The third kappa shape index (κ3) is 5.71. The molecule has 23 heavy (non-hydrogen) atoms. The number of halogens is 1. The van der Waals surface area contributed by atoms with Crippen molar-refractivity contribution in [3.63, 3.8) is 0 Å². The quantitative estimate of drug-likeness (QED) is 0.489. The fourth-order valence-corrected chi connectivity index (χ4v) is 3.34. The van der Waals surface area contributed by atoms with Gasteiger partial charge >= 0.3 is 0 Å². The van der Waals surface area contributed by atoms with E-state index < -0.39 is 0 Å². The summed E-state index contributed by atoms with van der Waals surface area (Å²) in [6.45, 7) is 5.24. The van der Waals surface area contributed by atoms with Gasteiger partial charge in [0.15, 0.2) is 0 Å². The maximum absolute atomic E-state index is 6.11. The number of benzene rings is 1. The summed E-state index contributed by atoms with van der Waals surface area (Å²) in [5.41, 5.74) is 0.936. The van der Waals surface area contributed by atoms with Crippen molar-refractivity contribution in [3.8, 4) is 17.6 Å². The molecule has 1 nitrogen and oxygen atoms in total. The molecule has 2 rings (SSSR count). The molecule has 0 bridgehead atoms. The monoisotopic (exact) mass is 390 g/mol. The van der Waals surface area contributed by atoms with Gasteiger partial charge in [-0.25, -0.2) is 0 Å². The molecule has 3 heteroatoms. The van der Waals surface area contributed by atoms with Crippen molar-refractivity contribution in [2.24, 2.45) is 5.92 Å².